The average Bonchev–Trinajstić information content (AvgIpc) is 2.33. The third-order valence-electron chi connectivity index (χ3n) is 3.64. The van der Waals surface area contributed by atoms with Crippen molar-refractivity contribution in [2.75, 3.05) is 27.2 Å². The van der Waals surface area contributed by atoms with Crippen molar-refractivity contribution in [3.8, 4) is 0 Å². The first-order valence-corrected chi connectivity index (χ1v) is 7.08. The third-order valence-corrected chi connectivity index (χ3v) is 4.41. The number of likely N-dealkylation sites (tertiary alicyclic amines) is 1. The summed E-state index contributed by atoms with van der Waals surface area (Å²) in [4.78, 5) is 4.91. The fraction of sp³-hybridized carbons (Fsp3) is 0.571. The van der Waals surface area contributed by atoms with Gasteiger partial charge in [-0.25, -0.2) is 0 Å². The summed E-state index contributed by atoms with van der Waals surface area (Å²) in [5.74, 6) is 0. The van der Waals surface area contributed by atoms with Crippen LogP contribution in [0.4, 0.5) is 0 Å². The van der Waals surface area contributed by atoms with Gasteiger partial charge >= 0.3 is 0 Å². The van der Waals surface area contributed by atoms with Crippen LogP contribution in [0.1, 0.15) is 18.4 Å². The molecule has 0 aliphatic carbocycles. The summed E-state index contributed by atoms with van der Waals surface area (Å²) < 4.78 is 1.23. The van der Waals surface area contributed by atoms with E-state index in [4.69, 9.17) is 0 Å². The van der Waals surface area contributed by atoms with Gasteiger partial charge in [-0.3, -0.25) is 4.90 Å². The zero-order chi connectivity index (χ0) is 12.3. The van der Waals surface area contributed by atoms with Crippen molar-refractivity contribution in [3.63, 3.8) is 0 Å². The van der Waals surface area contributed by atoms with Gasteiger partial charge in [-0.2, -0.15) is 0 Å². The van der Waals surface area contributed by atoms with Crippen molar-refractivity contribution in [1.82, 2.24) is 9.80 Å². The molecule has 1 aromatic rings. The standard InChI is InChI=1S/C14H21BrN2/c1-16(2)13-7-9-17(10-8-13)11-12-5-3-4-6-14(12)15/h3-6,13H,7-11H2,1-2H3. The van der Waals surface area contributed by atoms with E-state index in [0.29, 0.717) is 0 Å². The molecule has 2 rings (SSSR count). The highest BCUT2D eigenvalue weighted by molar-refractivity contribution is 9.10. The highest BCUT2D eigenvalue weighted by Crippen LogP contribution is 2.21. The van der Waals surface area contributed by atoms with Crippen molar-refractivity contribution in [2.24, 2.45) is 0 Å². The van der Waals surface area contributed by atoms with Gasteiger partial charge in [0.15, 0.2) is 0 Å². The molecule has 17 heavy (non-hydrogen) atoms. The maximum Gasteiger partial charge on any atom is 0.0244 e. The Morgan fingerprint density at radius 2 is 1.88 bits per heavy atom. The summed E-state index contributed by atoms with van der Waals surface area (Å²) in [6, 6.07) is 9.30. The van der Waals surface area contributed by atoms with Crippen LogP contribution >= 0.6 is 15.9 Å². The van der Waals surface area contributed by atoms with Crippen LogP contribution < -0.4 is 0 Å². The highest BCUT2D eigenvalue weighted by atomic mass is 79.9. The monoisotopic (exact) mass is 296 g/mol. The van der Waals surface area contributed by atoms with Crippen LogP contribution in [-0.2, 0) is 6.54 Å². The quantitative estimate of drug-likeness (QED) is 0.846. The maximum absolute atomic E-state index is 3.62. The van der Waals surface area contributed by atoms with E-state index in [-0.39, 0.29) is 0 Å². The van der Waals surface area contributed by atoms with Crippen LogP contribution in [0.2, 0.25) is 0 Å². The van der Waals surface area contributed by atoms with Gasteiger partial charge < -0.3 is 4.90 Å². The molecule has 94 valence electrons. The lowest BCUT2D eigenvalue weighted by Gasteiger charge is -2.35. The minimum Gasteiger partial charge on any atom is -0.306 e. The average molecular weight is 297 g/mol. The van der Waals surface area contributed by atoms with Crippen LogP contribution in [0.15, 0.2) is 28.7 Å². The number of rotatable bonds is 3. The summed E-state index contributed by atoms with van der Waals surface area (Å²) in [6.07, 6.45) is 2.58. The topological polar surface area (TPSA) is 6.48 Å². The molecule has 0 aromatic heterocycles. The fourth-order valence-corrected chi connectivity index (χ4v) is 2.87. The second-order valence-corrected chi connectivity index (χ2v) is 5.92. The van der Waals surface area contributed by atoms with Crippen LogP contribution in [-0.4, -0.2) is 43.0 Å². The lowest BCUT2D eigenvalue weighted by atomic mass is 10.0. The number of hydrogen-bond donors (Lipinski definition) is 0. The normalized spacial score (nSPS) is 18.8. The SMILES string of the molecule is CN(C)C1CCN(Cc2ccccc2Br)CC1. The van der Waals surface area contributed by atoms with Crippen molar-refractivity contribution in [1.29, 1.82) is 0 Å². The number of piperidine rings is 1. The second kappa shape index (κ2) is 5.98. The lowest BCUT2D eigenvalue weighted by molar-refractivity contribution is 0.140. The van der Waals surface area contributed by atoms with E-state index in [9.17, 15) is 0 Å². The lowest BCUT2D eigenvalue weighted by Crippen LogP contribution is -2.41. The Bertz CT molecular complexity index is 357. The van der Waals surface area contributed by atoms with E-state index in [0.717, 1.165) is 12.6 Å². The van der Waals surface area contributed by atoms with Crippen molar-refractivity contribution < 1.29 is 0 Å². The van der Waals surface area contributed by atoms with Gasteiger partial charge in [0.05, 0.1) is 0 Å². The molecule has 1 aliphatic rings. The predicted octanol–water partition coefficient (Wildman–Crippen LogP) is 2.98. The molecule has 0 radical (unpaired) electrons. The van der Waals surface area contributed by atoms with Crippen molar-refractivity contribution in [3.05, 3.63) is 34.3 Å². The number of hydrogen-bond acceptors (Lipinski definition) is 2. The summed E-state index contributed by atoms with van der Waals surface area (Å²) in [6.45, 7) is 3.50. The Labute approximate surface area is 113 Å². The Balaban J connectivity index is 1.88. The number of nitrogens with zero attached hydrogens (tertiary/aromatic N) is 2. The first-order valence-electron chi connectivity index (χ1n) is 6.29. The van der Waals surface area contributed by atoms with Gasteiger partial charge in [-0.05, 0) is 51.7 Å². The maximum atomic E-state index is 3.62. The van der Waals surface area contributed by atoms with Crippen LogP contribution in [0.25, 0.3) is 0 Å². The van der Waals surface area contributed by atoms with Crippen LogP contribution in [0, 0.1) is 0 Å². The van der Waals surface area contributed by atoms with Gasteiger partial charge in [0.25, 0.3) is 0 Å². The van der Waals surface area contributed by atoms with Crippen molar-refractivity contribution >= 4 is 15.9 Å². The third kappa shape index (κ3) is 3.54. The minimum absolute atomic E-state index is 0.769. The summed E-state index contributed by atoms with van der Waals surface area (Å²) in [7, 11) is 4.38. The van der Waals surface area contributed by atoms with Gasteiger partial charge in [0.1, 0.15) is 0 Å². The molecule has 1 aromatic carbocycles. The fourth-order valence-electron chi connectivity index (χ4n) is 2.46. The molecule has 0 unspecified atom stereocenters. The summed E-state index contributed by atoms with van der Waals surface area (Å²) in [5.41, 5.74) is 1.40. The molecule has 0 spiro atoms. The highest BCUT2D eigenvalue weighted by Gasteiger charge is 2.20. The molecule has 0 saturated carbocycles. The molecule has 3 heteroatoms. The molecule has 0 atom stereocenters. The van der Waals surface area contributed by atoms with Gasteiger partial charge in [-0.15, -0.1) is 0 Å². The van der Waals surface area contributed by atoms with E-state index >= 15 is 0 Å². The summed E-state index contributed by atoms with van der Waals surface area (Å²) >= 11 is 3.62. The molecule has 1 heterocycles. The van der Waals surface area contributed by atoms with E-state index in [1.165, 1.54) is 36.0 Å². The zero-order valence-corrected chi connectivity index (χ0v) is 12.3. The Kier molecular flexibility index (Phi) is 4.60. The van der Waals surface area contributed by atoms with Crippen LogP contribution in [0.5, 0.6) is 0 Å². The van der Waals surface area contributed by atoms with Gasteiger partial charge in [0.2, 0.25) is 0 Å². The number of halogens is 1. The van der Waals surface area contributed by atoms with E-state index in [2.05, 4.69) is 64.1 Å². The molecule has 0 N–H and O–H groups in total. The van der Waals surface area contributed by atoms with E-state index < -0.39 is 0 Å². The van der Waals surface area contributed by atoms with Crippen LogP contribution in [0.3, 0.4) is 0 Å². The number of benzene rings is 1. The summed E-state index contributed by atoms with van der Waals surface area (Å²) in [5, 5.41) is 0. The predicted molar refractivity (Wildman–Crippen MR) is 76.1 cm³/mol. The molecule has 1 aliphatic heterocycles. The minimum atomic E-state index is 0.769. The second-order valence-electron chi connectivity index (χ2n) is 5.06. The smallest absolute Gasteiger partial charge is 0.0244 e. The molecule has 0 bridgehead atoms. The zero-order valence-electron chi connectivity index (χ0n) is 10.7. The largest absolute Gasteiger partial charge is 0.306 e. The molecular weight excluding hydrogens is 276 g/mol. The van der Waals surface area contributed by atoms with E-state index in [1.807, 2.05) is 0 Å². The Hall–Kier alpha value is -0.380. The molecular formula is C14H21BrN2. The molecule has 1 saturated heterocycles. The van der Waals surface area contributed by atoms with Gasteiger partial charge in [0, 0.05) is 17.1 Å². The molecule has 1 fully saturated rings. The first-order chi connectivity index (χ1) is 8.16. The Morgan fingerprint density at radius 1 is 1.24 bits per heavy atom. The molecule has 0 amide bonds. The molecule has 2 nitrogen and oxygen atoms in total. The Morgan fingerprint density at radius 3 is 2.47 bits per heavy atom. The van der Waals surface area contributed by atoms with E-state index in [1.54, 1.807) is 0 Å². The van der Waals surface area contributed by atoms with Crippen molar-refractivity contribution in [2.45, 2.75) is 25.4 Å². The van der Waals surface area contributed by atoms with Gasteiger partial charge in [-0.1, -0.05) is 34.1 Å². The first kappa shape index (κ1) is 13.1.